The Balaban J connectivity index is 2.81. The van der Waals surface area contributed by atoms with Gasteiger partial charge in [-0.3, -0.25) is 9.36 Å². The van der Waals surface area contributed by atoms with Gasteiger partial charge in [0, 0.05) is 7.05 Å². The quantitative estimate of drug-likeness (QED) is 0.684. The molecular formula is C10H6ClF3N2O. The van der Waals surface area contributed by atoms with Gasteiger partial charge < -0.3 is 0 Å². The van der Waals surface area contributed by atoms with Crippen LogP contribution in [0.15, 0.2) is 23.0 Å². The minimum Gasteiger partial charge on any atom is -0.286 e. The summed E-state index contributed by atoms with van der Waals surface area (Å²) in [7, 11) is 1.40. The fraction of sp³-hybridized carbons (Fsp3) is 0.200. The van der Waals surface area contributed by atoms with E-state index < -0.39 is 17.3 Å². The van der Waals surface area contributed by atoms with Gasteiger partial charge in [0.15, 0.2) is 0 Å². The normalized spacial score (nSPS) is 12.1. The van der Waals surface area contributed by atoms with Crippen LogP contribution in [-0.4, -0.2) is 9.55 Å². The van der Waals surface area contributed by atoms with Crippen molar-refractivity contribution < 1.29 is 13.2 Å². The van der Waals surface area contributed by atoms with Crippen LogP contribution < -0.4 is 5.56 Å². The van der Waals surface area contributed by atoms with E-state index in [1.54, 1.807) is 0 Å². The van der Waals surface area contributed by atoms with Crippen molar-refractivity contribution >= 4 is 22.5 Å². The topological polar surface area (TPSA) is 34.9 Å². The molecule has 3 nitrogen and oxygen atoms in total. The van der Waals surface area contributed by atoms with Crippen molar-refractivity contribution in [1.29, 1.82) is 0 Å². The summed E-state index contributed by atoms with van der Waals surface area (Å²) in [6, 6.07) is 2.76. The monoisotopic (exact) mass is 262 g/mol. The molecule has 7 heteroatoms. The second-order valence-corrected chi connectivity index (χ2v) is 3.81. The van der Waals surface area contributed by atoms with Gasteiger partial charge in [-0.05, 0) is 29.8 Å². The second kappa shape index (κ2) is 3.73. The molecule has 0 unspecified atom stereocenters. The van der Waals surface area contributed by atoms with Crippen LogP contribution in [0.2, 0.25) is 5.28 Å². The molecule has 0 aliphatic heterocycles. The first-order valence-electron chi connectivity index (χ1n) is 4.54. The molecule has 2 rings (SSSR count). The summed E-state index contributed by atoms with van der Waals surface area (Å²) in [4.78, 5) is 15.4. The fourth-order valence-corrected chi connectivity index (χ4v) is 1.59. The number of hydrogen-bond donors (Lipinski definition) is 0. The lowest BCUT2D eigenvalue weighted by molar-refractivity contribution is -0.137. The first-order valence-corrected chi connectivity index (χ1v) is 4.92. The van der Waals surface area contributed by atoms with Gasteiger partial charge in [-0.15, -0.1) is 0 Å². The Morgan fingerprint density at radius 2 is 2.00 bits per heavy atom. The molecular weight excluding hydrogens is 257 g/mol. The van der Waals surface area contributed by atoms with Crippen LogP contribution in [0.4, 0.5) is 13.2 Å². The molecule has 0 aliphatic rings. The van der Waals surface area contributed by atoms with E-state index in [0.717, 1.165) is 22.8 Å². The second-order valence-electron chi connectivity index (χ2n) is 3.47. The maximum atomic E-state index is 12.5. The molecule has 0 saturated carbocycles. The zero-order valence-corrected chi connectivity index (χ0v) is 9.30. The molecule has 1 aromatic heterocycles. The van der Waals surface area contributed by atoms with Crippen LogP contribution in [0.1, 0.15) is 5.56 Å². The highest BCUT2D eigenvalue weighted by Gasteiger charge is 2.30. The first kappa shape index (κ1) is 11.9. The number of nitrogens with zero attached hydrogens (tertiary/aromatic N) is 2. The molecule has 0 N–H and O–H groups in total. The molecule has 1 heterocycles. The molecule has 17 heavy (non-hydrogen) atoms. The van der Waals surface area contributed by atoms with Crippen LogP contribution in [0.3, 0.4) is 0 Å². The first-order chi connectivity index (χ1) is 7.80. The summed E-state index contributed by atoms with van der Waals surface area (Å²) < 4.78 is 38.4. The van der Waals surface area contributed by atoms with E-state index in [-0.39, 0.29) is 16.2 Å². The van der Waals surface area contributed by atoms with E-state index >= 15 is 0 Å². The van der Waals surface area contributed by atoms with Crippen LogP contribution in [0.25, 0.3) is 10.9 Å². The van der Waals surface area contributed by atoms with Gasteiger partial charge in [0.1, 0.15) is 0 Å². The van der Waals surface area contributed by atoms with Gasteiger partial charge in [0.25, 0.3) is 5.56 Å². The van der Waals surface area contributed by atoms with E-state index in [0.29, 0.717) is 0 Å². The summed E-state index contributed by atoms with van der Waals surface area (Å²) in [5.74, 6) is 0. The summed E-state index contributed by atoms with van der Waals surface area (Å²) >= 11 is 5.63. The minimum atomic E-state index is -4.47. The highest BCUT2D eigenvalue weighted by atomic mass is 35.5. The molecule has 0 bridgehead atoms. The lowest BCUT2D eigenvalue weighted by atomic mass is 10.1. The third-order valence-corrected chi connectivity index (χ3v) is 2.69. The number of fused-ring (bicyclic) bond motifs is 1. The number of halogens is 4. The summed E-state index contributed by atoms with van der Waals surface area (Å²) in [5.41, 5.74) is -1.40. The molecule has 0 saturated heterocycles. The van der Waals surface area contributed by atoms with Crippen molar-refractivity contribution in [3.63, 3.8) is 0 Å². The van der Waals surface area contributed by atoms with E-state index in [2.05, 4.69) is 4.98 Å². The lowest BCUT2D eigenvalue weighted by Crippen LogP contribution is -2.19. The molecule has 90 valence electrons. The third-order valence-electron chi connectivity index (χ3n) is 2.35. The van der Waals surface area contributed by atoms with Crippen molar-refractivity contribution in [3.05, 3.63) is 39.4 Å². The van der Waals surface area contributed by atoms with Gasteiger partial charge in [0.05, 0.1) is 16.5 Å². The average Bonchev–Trinajstić information content (AvgIpc) is 2.24. The van der Waals surface area contributed by atoms with Gasteiger partial charge in [0.2, 0.25) is 5.28 Å². The van der Waals surface area contributed by atoms with Crippen molar-refractivity contribution in [2.45, 2.75) is 6.18 Å². The average molecular weight is 263 g/mol. The molecule has 0 aliphatic carbocycles. The number of hydrogen-bond acceptors (Lipinski definition) is 2. The van der Waals surface area contributed by atoms with Gasteiger partial charge in [-0.1, -0.05) is 0 Å². The highest BCUT2D eigenvalue weighted by molar-refractivity contribution is 6.28. The van der Waals surface area contributed by atoms with Crippen LogP contribution >= 0.6 is 11.6 Å². The Labute approximate surface area is 98.5 Å². The van der Waals surface area contributed by atoms with Crippen molar-refractivity contribution in [1.82, 2.24) is 9.55 Å². The van der Waals surface area contributed by atoms with Gasteiger partial charge in [-0.25, -0.2) is 4.98 Å². The number of alkyl halides is 3. The summed E-state index contributed by atoms with van der Waals surface area (Å²) in [6.07, 6.45) is -4.47. The number of benzene rings is 1. The van der Waals surface area contributed by atoms with Crippen molar-refractivity contribution in [2.75, 3.05) is 0 Å². The minimum absolute atomic E-state index is 0.0621. The van der Waals surface area contributed by atoms with E-state index in [1.807, 2.05) is 0 Å². The van der Waals surface area contributed by atoms with E-state index in [9.17, 15) is 18.0 Å². The highest BCUT2D eigenvalue weighted by Crippen LogP contribution is 2.30. The van der Waals surface area contributed by atoms with Crippen LogP contribution in [0, 0.1) is 0 Å². The molecule has 0 spiro atoms. The van der Waals surface area contributed by atoms with Crippen LogP contribution in [-0.2, 0) is 13.2 Å². The predicted molar refractivity (Wildman–Crippen MR) is 57.0 cm³/mol. The molecule has 2 aromatic rings. The van der Waals surface area contributed by atoms with E-state index in [1.165, 1.54) is 7.05 Å². The Hall–Kier alpha value is -1.56. The zero-order chi connectivity index (χ0) is 12.8. The Morgan fingerprint density at radius 3 is 2.59 bits per heavy atom. The fourth-order valence-electron chi connectivity index (χ4n) is 1.42. The molecule has 0 amide bonds. The standard InChI is InChI=1S/C10H6ClF3N2O/c1-16-8(17)6-3-2-5(10(12,13)14)4-7(6)15-9(16)11/h2-4H,1H3. The molecule has 0 radical (unpaired) electrons. The molecule has 1 aromatic carbocycles. The van der Waals surface area contributed by atoms with Crippen molar-refractivity contribution in [2.24, 2.45) is 7.05 Å². The van der Waals surface area contributed by atoms with Gasteiger partial charge >= 0.3 is 6.18 Å². The summed E-state index contributed by atoms with van der Waals surface area (Å²) in [5, 5.41) is -0.0493. The SMILES string of the molecule is Cn1c(Cl)nc2cc(C(F)(F)F)ccc2c1=O. The Bertz CT molecular complexity index is 648. The molecule has 0 atom stereocenters. The van der Waals surface area contributed by atoms with Gasteiger partial charge in [-0.2, -0.15) is 13.2 Å². The maximum Gasteiger partial charge on any atom is 0.416 e. The maximum absolute atomic E-state index is 12.5. The Morgan fingerprint density at radius 1 is 1.35 bits per heavy atom. The summed E-state index contributed by atoms with van der Waals surface area (Å²) in [6.45, 7) is 0. The van der Waals surface area contributed by atoms with E-state index in [4.69, 9.17) is 11.6 Å². The van der Waals surface area contributed by atoms with Crippen LogP contribution in [0.5, 0.6) is 0 Å². The molecule has 0 fully saturated rings. The Kier molecular flexibility index (Phi) is 2.61. The predicted octanol–water partition coefficient (Wildman–Crippen LogP) is 2.61. The van der Waals surface area contributed by atoms with Crippen molar-refractivity contribution in [3.8, 4) is 0 Å². The number of aromatic nitrogens is 2. The smallest absolute Gasteiger partial charge is 0.286 e. The largest absolute Gasteiger partial charge is 0.416 e. The lowest BCUT2D eigenvalue weighted by Gasteiger charge is -2.08. The third kappa shape index (κ3) is 2.00. The zero-order valence-electron chi connectivity index (χ0n) is 8.55. The number of rotatable bonds is 0.